The Morgan fingerprint density at radius 2 is 1.14 bits per heavy atom. The molecule has 4 nitrogen and oxygen atoms in total. The number of nitrogens with one attached hydrogen (secondary N) is 2. The van der Waals surface area contributed by atoms with Crippen molar-refractivity contribution in [1.82, 2.24) is 0 Å². The molecule has 0 fully saturated rings. The molecule has 0 atom stereocenters. The van der Waals surface area contributed by atoms with Gasteiger partial charge in [0.2, 0.25) is 0 Å². The summed E-state index contributed by atoms with van der Waals surface area (Å²) in [6.45, 7) is 5.14. The molecule has 0 unspecified atom stereocenters. The van der Waals surface area contributed by atoms with Crippen molar-refractivity contribution in [3.8, 4) is 0 Å². The van der Waals surface area contributed by atoms with Crippen molar-refractivity contribution in [2.75, 3.05) is 10.6 Å². The number of carbonyl (C=O) groups excluding carboxylic acids is 2. The third kappa shape index (κ3) is 9.63. The summed E-state index contributed by atoms with van der Waals surface area (Å²) in [4.78, 5) is 21.8. The van der Waals surface area contributed by atoms with Crippen LogP contribution >= 0.6 is 0 Å². The number of hydrogen-bond acceptors (Lipinski definition) is 2. The lowest BCUT2D eigenvalue weighted by Crippen LogP contribution is -2.30. The summed E-state index contributed by atoms with van der Waals surface area (Å²) in [7, 11) is 0. The number of alkyl halides is 6. The fourth-order valence-corrected chi connectivity index (χ4v) is 3.21. The second kappa shape index (κ2) is 12.4. The average molecular weight is 525 g/mol. The molecule has 37 heavy (non-hydrogen) atoms. The molecule has 10 heteroatoms. The fourth-order valence-electron chi connectivity index (χ4n) is 3.21. The summed E-state index contributed by atoms with van der Waals surface area (Å²) >= 11 is 0. The van der Waals surface area contributed by atoms with Crippen molar-refractivity contribution in [2.45, 2.75) is 46.0 Å². The maximum Gasteiger partial charge on any atom is 0.471 e. The summed E-state index contributed by atoms with van der Waals surface area (Å²) in [5.41, 5.74) is 4.37. The Kier molecular flexibility index (Phi) is 9.88. The lowest BCUT2D eigenvalue weighted by atomic mass is 10.0. The first-order valence-electron chi connectivity index (χ1n) is 11.1. The third-order valence-electron chi connectivity index (χ3n) is 5.20. The number of amides is 2. The molecule has 2 N–H and O–H groups in total. The first kappa shape index (κ1) is 29.4. The minimum Gasteiger partial charge on any atom is -0.318 e. The van der Waals surface area contributed by atoms with Crippen molar-refractivity contribution >= 4 is 23.2 Å². The highest BCUT2D eigenvalue weighted by atomic mass is 19.4. The van der Waals surface area contributed by atoms with E-state index in [-0.39, 0.29) is 11.4 Å². The molecule has 0 aromatic heterocycles. The van der Waals surface area contributed by atoms with Crippen LogP contribution in [0.4, 0.5) is 37.7 Å². The number of halogens is 6. The van der Waals surface area contributed by atoms with Crippen molar-refractivity contribution in [2.24, 2.45) is 0 Å². The zero-order chi connectivity index (χ0) is 27.8. The first-order valence-corrected chi connectivity index (χ1v) is 11.1. The zero-order valence-electron chi connectivity index (χ0n) is 20.3. The summed E-state index contributed by atoms with van der Waals surface area (Å²) in [6, 6.07) is 19.7. The van der Waals surface area contributed by atoms with Crippen molar-refractivity contribution in [1.29, 1.82) is 0 Å². The normalized spacial score (nSPS) is 11.3. The summed E-state index contributed by atoms with van der Waals surface area (Å²) in [6.07, 6.45) is -8.49. The Labute approximate surface area is 210 Å². The molecule has 2 amide bonds. The van der Waals surface area contributed by atoms with Crippen LogP contribution in [0.3, 0.4) is 0 Å². The number of anilines is 2. The minimum atomic E-state index is -4.89. The molecule has 0 saturated carbocycles. The number of aryl methyl sites for hydroxylation is 5. The van der Waals surface area contributed by atoms with Gasteiger partial charge >= 0.3 is 24.2 Å². The number of rotatable bonds is 5. The fraction of sp³-hybridized carbons (Fsp3) is 0.259. The zero-order valence-corrected chi connectivity index (χ0v) is 20.3. The van der Waals surface area contributed by atoms with E-state index in [2.05, 4.69) is 0 Å². The van der Waals surface area contributed by atoms with Crippen LogP contribution < -0.4 is 10.6 Å². The standard InChI is InChI=1S/C17H16F3NO.C10H10F3NO/c1-12-7-9-14(10-8-13-5-3-2-4-6-13)15(11-12)21-16(22)17(18,19)20;1-6-3-4-7(2)8(5-6)14-9(15)10(11,12)13/h2-7,9,11H,8,10H2,1H3,(H,21,22);3-5H,1-2H3,(H,14,15). The molecule has 0 heterocycles. The van der Waals surface area contributed by atoms with Crippen LogP contribution in [0.1, 0.15) is 27.8 Å². The van der Waals surface area contributed by atoms with Gasteiger partial charge in [-0.25, -0.2) is 0 Å². The van der Waals surface area contributed by atoms with Gasteiger partial charge in [-0.1, -0.05) is 54.6 Å². The van der Waals surface area contributed by atoms with Gasteiger partial charge in [-0.15, -0.1) is 0 Å². The Morgan fingerprint density at radius 3 is 1.68 bits per heavy atom. The molecule has 0 spiro atoms. The predicted molar refractivity (Wildman–Crippen MR) is 130 cm³/mol. The SMILES string of the molecule is Cc1ccc(C)c(NC(=O)C(F)(F)F)c1.Cc1ccc(CCc2ccccc2)c(NC(=O)C(F)(F)F)c1. The van der Waals surface area contributed by atoms with Gasteiger partial charge in [-0.3, -0.25) is 9.59 Å². The van der Waals surface area contributed by atoms with Crippen LogP contribution in [0, 0.1) is 20.8 Å². The van der Waals surface area contributed by atoms with Gasteiger partial charge in [0.15, 0.2) is 0 Å². The van der Waals surface area contributed by atoms with Crippen LogP contribution in [0.5, 0.6) is 0 Å². The van der Waals surface area contributed by atoms with E-state index < -0.39 is 24.2 Å². The van der Waals surface area contributed by atoms with Gasteiger partial charge in [-0.05, 0) is 73.6 Å². The van der Waals surface area contributed by atoms with E-state index in [0.29, 0.717) is 24.0 Å². The molecule has 198 valence electrons. The smallest absolute Gasteiger partial charge is 0.318 e. The highest BCUT2D eigenvalue weighted by molar-refractivity contribution is 5.96. The van der Waals surface area contributed by atoms with E-state index in [0.717, 1.165) is 16.7 Å². The van der Waals surface area contributed by atoms with Gasteiger partial charge in [0, 0.05) is 11.4 Å². The minimum absolute atomic E-state index is 0.192. The highest BCUT2D eigenvalue weighted by Gasteiger charge is 2.39. The summed E-state index contributed by atoms with van der Waals surface area (Å²) in [5, 5.41) is 3.79. The molecular weight excluding hydrogens is 498 g/mol. The van der Waals surface area contributed by atoms with Gasteiger partial charge < -0.3 is 10.6 Å². The van der Waals surface area contributed by atoms with Gasteiger partial charge in [0.1, 0.15) is 0 Å². The second-order valence-electron chi connectivity index (χ2n) is 8.37. The number of benzene rings is 3. The molecule has 0 radical (unpaired) electrons. The Morgan fingerprint density at radius 1 is 0.649 bits per heavy atom. The van der Waals surface area contributed by atoms with Crippen LogP contribution in [0.25, 0.3) is 0 Å². The molecule has 0 aliphatic heterocycles. The molecule has 3 aromatic carbocycles. The van der Waals surface area contributed by atoms with E-state index in [1.54, 1.807) is 45.0 Å². The highest BCUT2D eigenvalue weighted by Crippen LogP contribution is 2.24. The maximum atomic E-state index is 12.4. The lowest BCUT2D eigenvalue weighted by Gasteiger charge is -2.13. The number of carbonyl (C=O) groups is 2. The van der Waals surface area contributed by atoms with Crippen LogP contribution in [-0.4, -0.2) is 24.2 Å². The predicted octanol–water partition coefficient (Wildman–Crippen LogP) is 7.09. The Balaban J connectivity index is 0.000000281. The molecule has 3 aromatic rings. The Hall–Kier alpha value is -3.82. The summed E-state index contributed by atoms with van der Waals surface area (Å²) < 4.78 is 73.1. The van der Waals surface area contributed by atoms with Gasteiger partial charge in [0.05, 0.1) is 0 Å². The molecule has 3 rings (SSSR count). The van der Waals surface area contributed by atoms with Gasteiger partial charge in [0.25, 0.3) is 0 Å². The Bertz CT molecular complexity index is 1220. The van der Waals surface area contributed by atoms with E-state index in [1.807, 2.05) is 47.0 Å². The maximum absolute atomic E-state index is 12.4. The van der Waals surface area contributed by atoms with Crippen molar-refractivity contribution < 1.29 is 35.9 Å². The number of hydrogen-bond donors (Lipinski definition) is 2. The second-order valence-corrected chi connectivity index (χ2v) is 8.37. The van der Waals surface area contributed by atoms with Crippen molar-refractivity contribution in [3.63, 3.8) is 0 Å². The molecule has 0 aliphatic carbocycles. The molecule has 0 aliphatic rings. The monoisotopic (exact) mass is 524 g/mol. The third-order valence-corrected chi connectivity index (χ3v) is 5.20. The van der Waals surface area contributed by atoms with E-state index in [9.17, 15) is 35.9 Å². The largest absolute Gasteiger partial charge is 0.471 e. The first-order chi connectivity index (χ1) is 17.2. The van der Waals surface area contributed by atoms with Gasteiger partial charge in [-0.2, -0.15) is 26.3 Å². The van der Waals surface area contributed by atoms with Crippen LogP contribution in [-0.2, 0) is 22.4 Å². The van der Waals surface area contributed by atoms with E-state index >= 15 is 0 Å². The van der Waals surface area contributed by atoms with Crippen LogP contribution in [0.15, 0.2) is 66.7 Å². The van der Waals surface area contributed by atoms with E-state index in [1.165, 1.54) is 6.07 Å². The topological polar surface area (TPSA) is 58.2 Å². The molecule has 0 saturated heterocycles. The summed E-state index contributed by atoms with van der Waals surface area (Å²) in [5.74, 6) is -3.89. The van der Waals surface area contributed by atoms with E-state index in [4.69, 9.17) is 0 Å². The molecule has 0 bridgehead atoms. The van der Waals surface area contributed by atoms with Crippen molar-refractivity contribution in [3.05, 3.63) is 94.5 Å². The van der Waals surface area contributed by atoms with Crippen LogP contribution in [0.2, 0.25) is 0 Å². The average Bonchev–Trinajstić information content (AvgIpc) is 2.81. The quantitative estimate of drug-likeness (QED) is 0.350. The lowest BCUT2D eigenvalue weighted by molar-refractivity contribution is -0.167. The molecular formula is C27H26F6N2O2.